The van der Waals surface area contributed by atoms with Crippen LogP contribution < -0.4 is 0 Å². The Morgan fingerprint density at radius 1 is 1.27 bits per heavy atom. The first-order chi connectivity index (χ1) is 10.5. The minimum absolute atomic E-state index is 0.175. The highest BCUT2D eigenvalue weighted by Crippen LogP contribution is 2.29. The van der Waals surface area contributed by atoms with E-state index in [4.69, 9.17) is 14.6 Å². The van der Waals surface area contributed by atoms with Gasteiger partial charge in [-0.05, 0) is 12.8 Å². The second-order valence-electron chi connectivity index (χ2n) is 5.93. The van der Waals surface area contributed by atoms with Crippen molar-refractivity contribution in [3.63, 3.8) is 0 Å². The van der Waals surface area contributed by atoms with Gasteiger partial charge in [-0.1, -0.05) is 19.8 Å². The Labute approximate surface area is 131 Å². The fourth-order valence-corrected chi connectivity index (χ4v) is 2.90. The van der Waals surface area contributed by atoms with Crippen molar-refractivity contribution in [2.75, 3.05) is 13.7 Å². The number of hydrogen-bond donors (Lipinski definition) is 2. The molecule has 0 radical (unpaired) electrons. The molecule has 0 spiro atoms. The number of carbonyl (C=O) groups excluding carboxylic acids is 1. The fraction of sp³-hybridized carbons (Fsp3) is 0.875. The molecule has 0 bridgehead atoms. The number of methoxy groups -OCH3 is 1. The third-order valence-corrected chi connectivity index (χ3v) is 4.25. The van der Waals surface area contributed by atoms with Crippen molar-refractivity contribution >= 4 is 11.8 Å². The molecule has 1 aliphatic rings. The van der Waals surface area contributed by atoms with Crippen LogP contribution in [0, 0.1) is 5.92 Å². The van der Waals surface area contributed by atoms with E-state index in [0.717, 1.165) is 19.3 Å². The predicted octanol–water partition coefficient (Wildman–Crippen LogP) is 1.78. The average Bonchev–Trinajstić information content (AvgIpc) is 2.48. The van der Waals surface area contributed by atoms with Crippen molar-refractivity contribution in [1.82, 2.24) is 0 Å². The van der Waals surface area contributed by atoms with E-state index in [1.54, 1.807) is 0 Å². The third kappa shape index (κ3) is 6.02. The summed E-state index contributed by atoms with van der Waals surface area (Å²) in [5, 5.41) is 19.2. The number of hydrogen-bond acceptors (Lipinski definition) is 5. The van der Waals surface area contributed by atoms with E-state index in [1.807, 2.05) is 0 Å². The summed E-state index contributed by atoms with van der Waals surface area (Å²) in [5.41, 5.74) is 0. The summed E-state index contributed by atoms with van der Waals surface area (Å²) in [5.74, 6) is -1.35. The number of carboxylic acids is 1. The SMILES string of the molecule is CCCCCC(=O)CC[C@@H]1OC[C@@H](OC)C(O)[C@H]1CC(=O)O. The van der Waals surface area contributed by atoms with Crippen molar-refractivity contribution in [2.24, 2.45) is 5.92 Å². The molecule has 1 heterocycles. The van der Waals surface area contributed by atoms with E-state index in [1.165, 1.54) is 7.11 Å². The minimum atomic E-state index is -0.983. The lowest BCUT2D eigenvalue weighted by Crippen LogP contribution is -2.50. The van der Waals surface area contributed by atoms with Gasteiger partial charge in [-0.15, -0.1) is 0 Å². The molecule has 1 unspecified atom stereocenters. The highest BCUT2D eigenvalue weighted by Gasteiger charge is 2.40. The molecule has 0 aromatic carbocycles. The van der Waals surface area contributed by atoms with E-state index in [0.29, 0.717) is 19.3 Å². The number of Topliss-reactive ketones (excluding diaryl/α,β-unsaturated/α-hetero) is 1. The van der Waals surface area contributed by atoms with Crippen molar-refractivity contribution in [2.45, 2.75) is 70.2 Å². The molecule has 1 aliphatic heterocycles. The molecule has 0 amide bonds. The monoisotopic (exact) mass is 316 g/mol. The highest BCUT2D eigenvalue weighted by molar-refractivity contribution is 5.78. The fourth-order valence-electron chi connectivity index (χ4n) is 2.90. The van der Waals surface area contributed by atoms with E-state index in [-0.39, 0.29) is 18.8 Å². The number of aliphatic hydroxyl groups is 1. The van der Waals surface area contributed by atoms with Crippen LogP contribution in [-0.2, 0) is 19.1 Å². The largest absolute Gasteiger partial charge is 0.481 e. The van der Waals surface area contributed by atoms with Crippen LogP contribution in [-0.4, -0.2) is 54.0 Å². The van der Waals surface area contributed by atoms with Crippen molar-refractivity contribution < 1.29 is 29.3 Å². The number of ketones is 1. The summed E-state index contributed by atoms with van der Waals surface area (Å²) < 4.78 is 10.8. The van der Waals surface area contributed by atoms with Gasteiger partial charge in [0.15, 0.2) is 0 Å². The zero-order chi connectivity index (χ0) is 16.5. The van der Waals surface area contributed by atoms with Gasteiger partial charge in [-0.2, -0.15) is 0 Å². The molecule has 0 aliphatic carbocycles. The summed E-state index contributed by atoms with van der Waals surface area (Å²) in [4.78, 5) is 22.8. The number of ether oxygens (including phenoxy) is 2. The third-order valence-electron chi connectivity index (χ3n) is 4.25. The van der Waals surface area contributed by atoms with Crippen LogP contribution in [0.15, 0.2) is 0 Å². The van der Waals surface area contributed by atoms with Crippen LogP contribution in [0.25, 0.3) is 0 Å². The summed E-state index contributed by atoms with van der Waals surface area (Å²) in [6.45, 7) is 2.31. The van der Waals surface area contributed by atoms with Crippen LogP contribution in [0.2, 0.25) is 0 Å². The number of carbonyl (C=O) groups is 2. The molecule has 2 N–H and O–H groups in total. The zero-order valence-corrected chi connectivity index (χ0v) is 13.5. The maximum atomic E-state index is 11.8. The minimum Gasteiger partial charge on any atom is -0.481 e. The molecular formula is C16H28O6. The molecule has 0 saturated carbocycles. The smallest absolute Gasteiger partial charge is 0.303 e. The molecular weight excluding hydrogens is 288 g/mol. The maximum Gasteiger partial charge on any atom is 0.303 e. The van der Waals surface area contributed by atoms with Crippen LogP contribution in [0.1, 0.15) is 51.9 Å². The summed E-state index contributed by atoms with van der Waals surface area (Å²) in [6, 6.07) is 0. The van der Waals surface area contributed by atoms with E-state index < -0.39 is 30.2 Å². The molecule has 6 heteroatoms. The van der Waals surface area contributed by atoms with Crippen LogP contribution >= 0.6 is 0 Å². The van der Waals surface area contributed by atoms with Crippen LogP contribution in [0.4, 0.5) is 0 Å². The predicted molar refractivity (Wildman–Crippen MR) is 80.7 cm³/mol. The van der Waals surface area contributed by atoms with Crippen molar-refractivity contribution in [1.29, 1.82) is 0 Å². The van der Waals surface area contributed by atoms with Gasteiger partial charge in [0.2, 0.25) is 0 Å². The molecule has 22 heavy (non-hydrogen) atoms. The van der Waals surface area contributed by atoms with Crippen molar-refractivity contribution in [3.05, 3.63) is 0 Å². The van der Waals surface area contributed by atoms with E-state index in [9.17, 15) is 14.7 Å². The van der Waals surface area contributed by atoms with Gasteiger partial charge in [-0.25, -0.2) is 0 Å². The first-order valence-electron chi connectivity index (χ1n) is 8.05. The van der Waals surface area contributed by atoms with Gasteiger partial charge in [0.1, 0.15) is 11.9 Å². The van der Waals surface area contributed by atoms with Gasteiger partial charge < -0.3 is 19.7 Å². The first-order valence-corrected chi connectivity index (χ1v) is 8.05. The molecule has 0 aromatic rings. The summed E-state index contributed by atoms with van der Waals surface area (Å²) in [6.07, 6.45) is 2.41. The molecule has 4 atom stereocenters. The van der Waals surface area contributed by atoms with E-state index >= 15 is 0 Å². The molecule has 0 aromatic heterocycles. The molecule has 128 valence electrons. The first kappa shape index (κ1) is 19.1. The average molecular weight is 316 g/mol. The number of aliphatic carboxylic acids is 1. The lowest BCUT2D eigenvalue weighted by atomic mass is 9.84. The normalized spacial score (nSPS) is 28.5. The molecule has 6 nitrogen and oxygen atoms in total. The number of aliphatic hydroxyl groups excluding tert-OH is 1. The quantitative estimate of drug-likeness (QED) is 0.597. The van der Waals surface area contributed by atoms with Gasteiger partial charge >= 0.3 is 5.97 Å². The number of carboxylic acid groups (broad SMARTS) is 1. The summed E-state index contributed by atoms with van der Waals surface area (Å²) >= 11 is 0. The Morgan fingerprint density at radius 2 is 2.00 bits per heavy atom. The topological polar surface area (TPSA) is 93.1 Å². The van der Waals surface area contributed by atoms with Crippen LogP contribution in [0.5, 0.6) is 0 Å². The van der Waals surface area contributed by atoms with Crippen LogP contribution in [0.3, 0.4) is 0 Å². The standard InChI is InChI=1S/C16H28O6/c1-3-4-5-6-11(17)7-8-13-12(9-15(18)19)16(20)14(21-2)10-22-13/h12-14,16,20H,3-10H2,1-2H3,(H,18,19)/t12-,13-,14+,16?/m0/s1. The Hall–Kier alpha value is -0.980. The summed E-state index contributed by atoms with van der Waals surface area (Å²) in [7, 11) is 1.46. The Bertz CT molecular complexity index is 357. The van der Waals surface area contributed by atoms with Crippen molar-refractivity contribution in [3.8, 4) is 0 Å². The Kier molecular flexibility index (Phi) is 8.60. The second kappa shape index (κ2) is 9.92. The Morgan fingerprint density at radius 3 is 2.59 bits per heavy atom. The van der Waals surface area contributed by atoms with E-state index in [2.05, 4.69) is 6.92 Å². The van der Waals surface area contributed by atoms with Gasteiger partial charge in [0.05, 0.1) is 25.2 Å². The zero-order valence-electron chi connectivity index (χ0n) is 13.5. The lowest BCUT2D eigenvalue weighted by molar-refractivity contribution is -0.178. The highest BCUT2D eigenvalue weighted by atomic mass is 16.5. The molecule has 1 saturated heterocycles. The maximum absolute atomic E-state index is 11.8. The number of unbranched alkanes of at least 4 members (excludes halogenated alkanes) is 2. The van der Waals surface area contributed by atoms with Gasteiger partial charge in [0.25, 0.3) is 0 Å². The number of rotatable bonds is 10. The van der Waals surface area contributed by atoms with Gasteiger partial charge in [0, 0.05) is 25.9 Å². The Balaban J connectivity index is 2.51. The molecule has 1 fully saturated rings. The second-order valence-corrected chi connectivity index (χ2v) is 5.93. The lowest BCUT2D eigenvalue weighted by Gasteiger charge is -2.39. The van der Waals surface area contributed by atoms with Gasteiger partial charge in [-0.3, -0.25) is 9.59 Å². The molecule has 1 rings (SSSR count).